The monoisotopic (exact) mass is 315 g/mol. The van der Waals surface area contributed by atoms with Crippen LogP contribution in [0.4, 0.5) is 9.93 Å². The number of benzene rings is 1. The molecule has 1 aliphatic heterocycles. The van der Waals surface area contributed by atoms with E-state index in [1.807, 2.05) is 19.1 Å². The quantitative estimate of drug-likeness (QED) is 0.854. The number of aromatic nitrogens is 1. The van der Waals surface area contributed by atoms with Gasteiger partial charge < -0.3 is 4.90 Å². The van der Waals surface area contributed by atoms with Crippen molar-refractivity contribution in [2.24, 2.45) is 0 Å². The lowest BCUT2D eigenvalue weighted by atomic mass is 10.1. The molecular formula is C16H17N3O2S. The Hall–Kier alpha value is -2.21. The first kappa shape index (κ1) is 14.7. The van der Waals surface area contributed by atoms with Crippen molar-refractivity contribution in [3.8, 4) is 0 Å². The van der Waals surface area contributed by atoms with Crippen LogP contribution in [0.15, 0.2) is 35.8 Å². The van der Waals surface area contributed by atoms with Gasteiger partial charge in [0.2, 0.25) is 5.13 Å². The van der Waals surface area contributed by atoms with Gasteiger partial charge in [0.25, 0.3) is 5.91 Å². The predicted octanol–water partition coefficient (Wildman–Crippen LogP) is 3.31. The van der Waals surface area contributed by atoms with Crippen molar-refractivity contribution >= 4 is 28.4 Å². The molecule has 0 bridgehead atoms. The van der Waals surface area contributed by atoms with Crippen molar-refractivity contribution < 1.29 is 9.59 Å². The number of carbonyl (C=O) groups excluding carboxylic acids is 2. The van der Waals surface area contributed by atoms with Crippen LogP contribution in [0.25, 0.3) is 0 Å². The molecule has 1 aromatic heterocycles. The van der Waals surface area contributed by atoms with Crippen LogP contribution in [0, 0.1) is 6.92 Å². The summed E-state index contributed by atoms with van der Waals surface area (Å²) in [5.41, 5.74) is 1.38. The van der Waals surface area contributed by atoms with Crippen molar-refractivity contribution in [1.29, 1.82) is 0 Å². The number of hydrogen-bond acceptors (Lipinski definition) is 4. The molecule has 1 aromatic carbocycles. The molecule has 0 saturated carbocycles. The number of urea groups is 1. The molecule has 1 saturated heterocycles. The molecule has 3 amide bonds. The van der Waals surface area contributed by atoms with Crippen LogP contribution < -0.4 is 4.90 Å². The van der Waals surface area contributed by atoms with Gasteiger partial charge in [0.15, 0.2) is 0 Å². The first-order chi connectivity index (χ1) is 10.7. The molecule has 2 heterocycles. The first-order valence-electron chi connectivity index (χ1n) is 7.27. The molecule has 114 valence electrons. The van der Waals surface area contributed by atoms with Crippen LogP contribution >= 0.6 is 11.3 Å². The summed E-state index contributed by atoms with van der Waals surface area (Å²) < 4.78 is 0. The Kier molecular flexibility index (Phi) is 4.20. The lowest BCUT2D eigenvalue weighted by molar-refractivity contribution is 0.0987. The predicted molar refractivity (Wildman–Crippen MR) is 86.3 cm³/mol. The first-order valence-corrected chi connectivity index (χ1v) is 8.15. The number of imide groups is 1. The van der Waals surface area contributed by atoms with Crippen LogP contribution in [0.1, 0.15) is 28.8 Å². The Bertz CT molecular complexity index is 678. The minimum Gasteiger partial charge on any atom is -0.324 e. The average Bonchev–Trinajstić information content (AvgIpc) is 3.21. The summed E-state index contributed by atoms with van der Waals surface area (Å²) in [5, 5.41) is 2.19. The van der Waals surface area contributed by atoms with Gasteiger partial charge in [-0.15, -0.1) is 11.3 Å². The summed E-state index contributed by atoms with van der Waals surface area (Å²) in [6.45, 7) is 3.26. The van der Waals surface area contributed by atoms with Gasteiger partial charge in [-0.2, -0.15) is 0 Å². The van der Waals surface area contributed by atoms with Crippen molar-refractivity contribution in [1.82, 2.24) is 9.88 Å². The van der Waals surface area contributed by atoms with E-state index in [0.29, 0.717) is 23.8 Å². The van der Waals surface area contributed by atoms with E-state index in [2.05, 4.69) is 4.98 Å². The Morgan fingerprint density at radius 3 is 2.59 bits per heavy atom. The molecular weight excluding hydrogens is 298 g/mol. The topological polar surface area (TPSA) is 53.5 Å². The number of carbonyl (C=O) groups is 2. The molecule has 0 atom stereocenters. The van der Waals surface area contributed by atoms with Crippen LogP contribution in [-0.2, 0) is 0 Å². The molecule has 0 unspecified atom stereocenters. The molecule has 6 heteroatoms. The summed E-state index contributed by atoms with van der Waals surface area (Å²) in [7, 11) is 0. The second-order valence-corrected chi connectivity index (χ2v) is 6.12. The Labute approximate surface area is 133 Å². The van der Waals surface area contributed by atoms with Gasteiger partial charge in [-0.3, -0.25) is 4.79 Å². The van der Waals surface area contributed by atoms with E-state index in [1.54, 1.807) is 28.6 Å². The maximum atomic E-state index is 12.9. The number of anilines is 1. The summed E-state index contributed by atoms with van der Waals surface area (Å²) >= 11 is 1.29. The largest absolute Gasteiger partial charge is 0.333 e. The number of amides is 3. The van der Waals surface area contributed by atoms with Gasteiger partial charge in [-0.05, 0) is 31.4 Å². The minimum absolute atomic E-state index is 0.277. The Morgan fingerprint density at radius 1 is 1.23 bits per heavy atom. The van der Waals surface area contributed by atoms with Crippen LogP contribution in [0.5, 0.6) is 0 Å². The maximum absolute atomic E-state index is 12.9. The van der Waals surface area contributed by atoms with Gasteiger partial charge in [0, 0.05) is 30.2 Å². The average molecular weight is 315 g/mol. The smallest absolute Gasteiger partial charge is 0.324 e. The number of hydrogen-bond donors (Lipinski definition) is 0. The zero-order valence-electron chi connectivity index (χ0n) is 12.4. The van der Waals surface area contributed by atoms with E-state index in [1.165, 1.54) is 16.2 Å². The van der Waals surface area contributed by atoms with E-state index in [9.17, 15) is 9.59 Å². The number of rotatable bonds is 2. The standard InChI is InChI=1S/C16H17N3O2S/c1-12-6-2-3-7-13(12)14(20)19(15-17-8-11-22-15)16(21)18-9-4-5-10-18/h2-3,6-8,11H,4-5,9-10H2,1H3. The molecule has 0 aliphatic carbocycles. The van der Waals surface area contributed by atoms with E-state index in [0.717, 1.165) is 18.4 Å². The van der Waals surface area contributed by atoms with Crippen molar-refractivity contribution in [2.75, 3.05) is 18.0 Å². The molecule has 0 N–H and O–H groups in total. The highest BCUT2D eigenvalue weighted by Gasteiger charge is 2.32. The Balaban J connectivity index is 1.97. The second-order valence-electron chi connectivity index (χ2n) is 5.25. The van der Waals surface area contributed by atoms with Crippen molar-refractivity contribution in [2.45, 2.75) is 19.8 Å². The molecule has 0 radical (unpaired) electrons. The normalized spacial score (nSPS) is 14.1. The third-order valence-corrected chi connectivity index (χ3v) is 4.51. The molecule has 2 aromatic rings. The number of nitrogens with zero attached hydrogens (tertiary/aromatic N) is 3. The number of thiazole rings is 1. The summed E-state index contributed by atoms with van der Waals surface area (Å²) in [5.74, 6) is -0.315. The van der Waals surface area contributed by atoms with Gasteiger partial charge in [0.05, 0.1) is 0 Å². The van der Waals surface area contributed by atoms with Gasteiger partial charge in [-0.25, -0.2) is 14.7 Å². The number of aryl methyl sites for hydroxylation is 1. The van der Waals surface area contributed by atoms with Crippen LogP contribution in [-0.4, -0.2) is 34.9 Å². The van der Waals surface area contributed by atoms with E-state index in [-0.39, 0.29) is 11.9 Å². The van der Waals surface area contributed by atoms with E-state index < -0.39 is 0 Å². The minimum atomic E-state index is -0.315. The highest BCUT2D eigenvalue weighted by Crippen LogP contribution is 2.24. The highest BCUT2D eigenvalue weighted by molar-refractivity contribution is 7.14. The molecule has 0 spiro atoms. The zero-order valence-corrected chi connectivity index (χ0v) is 13.2. The van der Waals surface area contributed by atoms with E-state index in [4.69, 9.17) is 0 Å². The van der Waals surface area contributed by atoms with Crippen molar-refractivity contribution in [3.63, 3.8) is 0 Å². The lowest BCUT2D eigenvalue weighted by Gasteiger charge is -2.24. The van der Waals surface area contributed by atoms with Crippen LogP contribution in [0.2, 0.25) is 0 Å². The third-order valence-electron chi connectivity index (χ3n) is 3.76. The van der Waals surface area contributed by atoms with Gasteiger partial charge in [-0.1, -0.05) is 18.2 Å². The molecule has 5 nitrogen and oxygen atoms in total. The maximum Gasteiger partial charge on any atom is 0.333 e. The zero-order chi connectivity index (χ0) is 15.5. The molecule has 1 fully saturated rings. The third kappa shape index (κ3) is 2.74. The Morgan fingerprint density at radius 2 is 1.95 bits per heavy atom. The summed E-state index contributed by atoms with van der Waals surface area (Å²) in [4.78, 5) is 32.8. The second kappa shape index (κ2) is 6.27. The fourth-order valence-electron chi connectivity index (χ4n) is 2.57. The molecule has 22 heavy (non-hydrogen) atoms. The highest BCUT2D eigenvalue weighted by atomic mass is 32.1. The molecule has 3 rings (SSSR count). The lowest BCUT2D eigenvalue weighted by Crippen LogP contribution is -2.45. The van der Waals surface area contributed by atoms with E-state index >= 15 is 0 Å². The van der Waals surface area contributed by atoms with Gasteiger partial charge >= 0.3 is 6.03 Å². The van der Waals surface area contributed by atoms with Crippen molar-refractivity contribution in [3.05, 3.63) is 47.0 Å². The number of likely N-dealkylation sites (tertiary alicyclic amines) is 1. The summed E-state index contributed by atoms with van der Waals surface area (Å²) in [6, 6.07) is 7.02. The molecule has 1 aliphatic rings. The fraction of sp³-hybridized carbons (Fsp3) is 0.312. The fourth-order valence-corrected chi connectivity index (χ4v) is 3.20. The SMILES string of the molecule is Cc1ccccc1C(=O)N(C(=O)N1CCCC1)c1nccs1. The summed E-state index contributed by atoms with van der Waals surface area (Å²) in [6.07, 6.45) is 3.57. The van der Waals surface area contributed by atoms with Gasteiger partial charge in [0.1, 0.15) is 0 Å². The van der Waals surface area contributed by atoms with Crippen LogP contribution in [0.3, 0.4) is 0 Å².